The third-order valence-corrected chi connectivity index (χ3v) is 3.16. The Morgan fingerprint density at radius 3 is 2.50 bits per heavy atom. The number of carbonyl (C=O) groups is 1. The molecule has 0 spiro atoms. The average molecular weight is 280 g/mol. The maximum absolute atomic E-state index is 11.3. The van der Waals surface area contributed by atoms with Gasteiger partial charge in [0.15, 0.2) is 12.9 Å². The molecule has 110 valence electrons. The van der Waals surface area contributed by atoms with Crippen molar-refractivity contribution in [1.82, 2.24) is 0 Å². The van der Waals surface area contributed by atoms with Gasteiger partial charge in [0.05, 0.1) is 18.8 Å². The number of esters is 1. The lowest BCUT2D eigenvalue weighted by atomic mass is 10.2. The molecule has 0 amide bonds. The largest absolute Gasteiger partial charge is 0.481 e. The van der Waals surface area contributed by atoms with Gasteiger partial charge in [-0.1, -0.05) is 18.2 Å². The second kappa shape index (κ2) is 6.72. The smallest absolute Gasteiger partial charge is 0.344 e. The molecule has 0 aromatic heterocycles. The molecule has 0 N–H and O–H groups in total. The molecule has 1 aliphatic rings. The SMILES string of the molecule is CCOC(=O)COc1ccccc1C1OC(C)C(C)O1. The lowest BCUT2D eigenvalue weighted by molar-refractivity contribution is -0.145. The van der Waals surface area contributed by atoms with Crippen molar-refractivity contribution in [2.24, 2.45) is 0 Å². The predicted molar refractivity (Wildman–Crippen MR) is 72.4 cm³/mol. The molecule has 0 radical (unpaired) electrons. The van der Waals surface area contributed by atoms with E-state index in [-0.39, 0.29) is 18.8 Å². The molecular formula is C15H20O5. The van der Waals surface area contributed by atoms with Crippen molar-refractivity contribution in [2.45, 2.75) is 39.3 Å². The van der Waals surface area contributed by atoms with Gasteiger partial charge in [-0.15, -0.1) is 0 Å². The molecule has 5 heteroatoms. The van der Waals surface area contributed by atoms with Gasteiger partial charge in [-0.05, 0) is 26.8 Å². The molecule has 0 bridgehead atoms. The number of rotatable bonds is 5. The van der Waals surface area contributed by atoms with Crippen molar-refractivity contribution >= 4 is 5.97 Å². The Bertz CT molecular complexity index is 449. The molecule has 5 nitrogen and oxygen atoms in total. The van der Waals surface area contributed by atoms with Crippen LogP contribution in [-0.2, 0) is 19.0 Å². The van der Waals surface area contributed by atoms with Gasteiger partial charge in [0, 0.05) is 5.56 Å². The fourth-order valence-corrected chi connectivity index (χ4v) is 1.94. The Morgan fingerprint density at radius 1 is 1.20 bits per heavy atom. The van der Waals surface area contributed by atoms with Gasteiger partial charge in [-0.25, -0.2) is 4.79 Å². The first-order valence-electron chi connectivity index (χ1n) is 6.80. The highest BCUT2D eigenvalue weighted by atomic mass is 16.7. The molecule has 2 atom stereocenters. The van der Waals surface area contributed by atoms with E-state index in [2.05, 4.69) is 0 Å². The van der Waals surface area contributed by atoms with Crippen LogP contribution in [-0.4, -0.2) is 31.4 Å². The molecule has 0 aliphatic carbocycles. The zero-order valence-electron chi connectivity index (χ0n) is 12.0. The summed E-state index contributed by atoms with van der Waals surface area (Å²) >= 11 is 0. The summed E-state index contributed by atoms with van der Waals surface area (Å²) in [5.74, 6) is 0.184. The molecule has 1 aliphatic heterocycles. The van der Waals surface area contributed by atoms with E-state index >= 15 is 0 Å². The minimum Gasteiger partial charge on any atom is -0.481 e. The summed E-state index contributed by atoms with van der Waals surface area (Å²) in [7, 11) is 0. The van der Waals surface area contributed by atoms with E-state index in [0.29, 0.717) is 12.4 Å². The van der Waals surface area contributed by atoms with Crippen LogP contribution in [0.4, 0.5) is 0 Å². The van der Waals surface area contributed by atoms with E-state index in [9.17, 15) is 4.79 Å². The van der Waals surface area contributed by atoms with Crippen LogP contribution in [0, 0.1) is 0 Å². The molecule has 1 heterocycles. The first-order valence-corrected chi connectivity index (χ1v) is 6.80. The number of hydrogen-bond acceptors (Lipinski definition) is 5. The van der Waals surface area contributed by atoms with Gasteiger partial charge in [0.25, 0.3) is 0 Å². The van der Waals surface area contributed by atoms with Gasteiger partial charge in [0.1, 0.15) is 5.75 Å². The summed E-state index contributed by atoms with van der Waals surface area (Å²) in [6.07, 6.45) is -0.408. The molecule has 1 fully saturated rings. The van der Waals surface area contributed by atoms with Crippen LogP contribution in [0.2, 0.25) is 0 Å². The number of ether oxygens (including phenoxy) is 4. The number of para-hydroxylation sites is 1. The maximum atomic E-state index is 11.3. The van der Waals surface area contributed by atoms with E-state index in [0.717, 1.165) is 5.56 Å². The van der Waals surface area contributed by atoms with Crippen molar-refractivity contribution in [1.29, 1.82) is 0 Å². The van der Waals surface area contributed by atoms with Crippen LogP contribution in [0.5, 0.6) is 5.75 Å². The van der Waals surface area contributed by atoms with Gasteiger partial charge < -0.3 is 18.9 Å². The Morgan fingerprint density at radius 2 is 1.85 bits per heavy atom. The Hall–Kier alpha value is -1.59. The predicted octanol–water partition coefficient (Wildman–Crippen LogP) is 2.45. The minimum absolute atomic E-state index is 0.0260. The summed E-state index contributed by atoms with van der Waals surface area (Å²) in [4.78, 5) is 11.3. The van der Waals surface area contributed by atoms with E-state index in [1.807, 2.05) is 32.0 Å². The standard InChI is InChI=1S/C15H20O5/c1-4-17-14(16)9-18-13-8-6-5-7-12(13)15-19-10(2)11(3)20-15/h5-8,10-11,15H,4,9H2,1-3H3. The van der Waals surface area contributed by atoms with E-state index in [4.69, 9.17) is 18.9 Å². The van der Waals surface area contributed by atoms with Crippen molar-refractivity contribution in [3.8, 4) is 5.75 Å². The van der Waals surface area contributed by atoms with Crippen molar-refractivity contribution in [2.75, 3.05) is 13.2 Å². The van der Waals surface area contributed by atoms with Crippen LogP contribution in [0.1, 0.15) is 32.6 Å². The summed E-state index contributed by atoms with van der Waals surface area (Å²) in [6.45, 7) is 5.91. The third-order valence-electron chi connectivity index (χ3n) is 3.16. The van der Waals surface area contributed by atoms with E-state index in [1.165, 1.54) is 0 Å². The molecule has 20 heavy (non-hydrogen) atoms. The highest BCUT2D eigenvalue weighted by Gasteiger charge is 2.32. The van der Waals surface area contributed by atoms with E-state index in [1.54, 1.807) is 13.0 Å². The summed E-state index contributed by atoms with van der Waals surface area (Å²) < 4.78 is 21.8. The Labute approximate surface area is 118 Å². The second-order valence-corrected chi connectivity index (χ2v) is 4.65. The Balaban J connectivity index is 2.05. The summed E-state index contributed by atoms with van der Waals surface area (Å²) in [5.41, 5.74) is 0.785. The number of benzene rings is 1. The molecule has 1 aromatic carbocycles. The zero-order valence-corrected chi connectivity index (χ0v) is 12.0. The Kier molecular flexibility index (Phi) is 4.98. The van der Waals surface area contributed by atoms with Crippen LogP contribution in [0.25, 0.3) is 0 Å². The highest BCUT2D eigenvalue weighted by Crippen LogP contribution is 2.35. The van der Waals surface area contributed by atoms with E-state index < -0.39 is 12.3 Å². The normalized spacial score (nSPS) is 25.4. The molecule has 0 saturated carbocycles. The van der Waals surface area contributed by atoms with Crippen LogP contribution < -0.4 is 4.74 Å². The fourth-order valence-electron chi connectivity index (χ4n) is 1.94. The average Bonchev–Trinajstić information content (AvgIpc) is 2.77. The third kappa shape index (κ3) is 3.49. The van der Waals surface area contributed by atoms with Gasteiger partial charge in [0.2, 0.25) is 0 Å². The van der Waals surface area contributed by atoms with Crippen molar-refractivity contribution in [3.05, 3.63) is 29.8 Å². The maximum Gasteiger partial charge on any atom is 0.344 e. The zero-order chi connectivity index (χ0) is 14.5. The quantitative estimate of drug-likeness (QED) is 0.775. The molecular weight excluding hydrogens is 260 g/mol. The minimum atomic E-state index is -0.460. The molecule has 1 saturated heterocycles. The van der Waals surface area contributed by atoms with Crippen molar-refractivity contribution in [3.63, 3.8) is 0 Å². The summed E-state index contributed by atoms with van der Waals surface area (Å²) in [6, 6.07) is 7.38. The van der Waals surface area contributed by atoms with Gasteiger partial charge in [-0.2, -0.15) is 0 Å². The number of carbonyl (C=O) groups excluding carboxylic acids is 1. The topological polar surface area (TPSA) is 54.0 Å². The first kappa shape index (κ1) is 14.8. The lowest BCUT2D eigenvalue weighted by Gasteiger charge is -2.15. The summed E-state index contributed by atoms with van der Waals surface area (Å²) in [5, 5.41) is 0. The second-order valence-electron chi connectivity index (χ2n) is 4.65. The highest BCUT2D eigenvalue weighted by molar-refractivity contribution is 5.71. The van der Waals surface area contributed by atoms with Gasteiger partial charge >= 0.3 is 5.97 Å². The first-order chi connectivity index (χ1) is 9.61. The molecule has 1 aromatic rings. The molecule has 2 rings (SSSR count). The molecule has 2 unspecified atom stereocenters. The van der Waals surface area contributed by atoms with Crippen LogP contribution in [0.15, 0.2) is 24.3 Å². The lowest BCUT2D eigenvalue weighted by Crippen LogP contribution is -2.15. The van der Waals surface area contributed by atoms with Crippen molar-refractivity contribution < 1.29 is 23.7 Å². The van der Waals surface area contributed by atoms with Crippen LogP contribution >= 0.6 is 0 Å². The van der Waals surface area contributed by atoms with Crippen LogP contribution in [0.3, 0.4) is 0 Å². The number of hydrogen-bond donors (Lipinski definition) is 0. The van der Waals surface area contributed by atoms with Gasteiger partial charge in [-0.3, -0.25) is 0 Å². The monoisotopic (exact) mass is 280 g/mol. The fraction of sp³-hybridized carbons (Fsp3) is 0.533.